The van der Waals surface area contributed by atoms with E-state index in [1.165, 1.54) is 12.3 Å². The molecule has 2 heterocycles. The number of likely N-dealkylation sites (N-methyl/N-ethyl adjacent to an activating group) is 1. The molecule has 4 rings (SSSR count). The van der Waals surface area contributed by atoms with Gasteiger partial charge in [0.25, 0.3) is 17.9 Å². The molecule has 1 aromatic heterocycles. The minimum Gasteiger partial charge on any atom is -0.367 e. The molecule has 0 spiro atoms. The number of hydrogen-bond donors (Lipinski definition) is 1. The van der Waals surface area contributed by atoms with E-state index in [1.807, 2.05) is 46.6 Å². The van der Waals surface area contributed by atoms with Crippen molar-refractivity contribution in [2.45, 2.75) is 78.9 Å². The molecule has 1 aliphatic heterocycles. The lowest BCUT2D eigenvalue weighted by Gasteiger charge is -2.44. The Morgan fingerprint density at radius 3 is 2.02 bits per heavy atom. The lowest BCUT2D eigenvalue weighted by molar-refractivity contribution is 0.0887. The van der Waals surface area contributed by atoms with Crippen molar-refractivity contribution in [1.82, 2.24) is 14.8 Å². The van der Waals surface area contributed by atoms with Gasteiger partial charge in [0.15, 0.2) is 0 Å². The van der Waals surface area contributed by atoms with E-state index in [2.05, 4.69) is 10.2 Å². The van der Waals surface area contributed by atoms with E-state index in [0.717, 1.165) is 28.8 Å². The van der Waals surface area contributed by atoms with Gasteiger partial charge >= 0.3 is 0 Å². The van der Waals surface area contributed by atoms with Crippen LogP contribution in [0.25, 0.3) is 16.8 Å². The second-order valence-corrected chi connectivity index (χ2v) is 13.9. The van der Waals surface area contributed by atoms with Crippen LogP contribution in [0.3, 0.4) is 0 Å². The van der Waals surface area contributed by atoms with Crippen LogP contribution in [0, 0.1) is 22.9 Å². The first-order valence-electron chi connectivity index (χ1n) is 14.9. The zero-order chi connectivity index (χ0) is 33.6. The van der Waals surface area contributed by atoms with E-state index >= 15 is 13.2 Å². The average molecular weight is 633 g/mol. The van der Waals surface area contributed by atoms with Gasteiger partial charge in [-0.05, 0) is 70.8 Å². The summed E-state index contributed by atoms with van der Waals surface area (Å²) in [6.45, 7) is 14.5. The molecule has 1 fully saturated rings. The number of alkyl halides is 2. The second-order valence-electron chi connectivity index (χ2n) is 13.9. The quantitative estimate of drug-likeness (QED) is 0.277. The lowest BCUT2D eigenvalue weighted by atomic mass is 9.81. The first-order chi connectivity index (χ1) is 20.8. The molecule has 0 bridgehead atoms. The molecule has 1 N–H and O–H groups in total. The van der Waals surface area contributed by atoms with Crippen molar-refractivity contribution in [3.63, 3.8) is 0 Å². The highest BCUT2D eigenvalue weighted by molar-refractivity contribution is 5.96. The third-order valence-electron chi connectivity index (χ3n) is 8.24. The molecular formula is C34H41F5N4O2. The Morgan fingerprint density at radius 1 is 0.889 bits per heavy atom. The van der Waals surface area contributed by atoms with Crippen molar-refractivity contribution < 1.29 is 26.7 Å². The molecule has 244 valence electrons. The van der Waals surface area contributed by atoms with Gasteiger partial charge in [-0.2, -0.15) is 0 Å². The number of rotatable bonds is 7. The summed E-state index contributed by atoms with van der Waals surface area (Å²) in [5.41, 5.74) is -2.92. The number of nitrogens with one attached hydrogen (secondary N) is 1. The van der Waals surface area contributed by atoms with Crippen molar-refractivity contribution in [1.29, 1.82) is 0 Å². The number of pyridine rings is 1. The van der Waals surface area contributed by atoms with E-state index in [4.69, 9.17) is 0 Å². The van der Waals surface area contributed by atoms with Gasteiger partial charge in [-0.15, -0.1) is 0 Å². The average Bonchev–Trinajstić information content (AvgIpc) is 2.90. The highest BCUT2D eigenvalue weighted by Crippen LogP contribution is 2.37. The highest BCUT2D eigenvalue weighted by atomic mass is 19.3. The number of benzene rings is 2. The minimum atomic E-state index is -2.87. The summed E-state index contributed by atoms with van der Waals surface area (Å²) < 4.78 is 74.2. The normalized spacial score (nSPS) is 18.0. The molecule has 1 amide bonds. The number of carbonyl (C=O) groups is 1. The van der Waals surface area contributed by atoms with Crippen LogP contribution < -0.4 is 15.8 Å². The molecule has 2 aromatic carbocycles. The summed E-state index contributed by atoms with van der Waals surface area (Å²) in [5, 5.41) is 2.79. The third kappa shape index (κ3) is 7.57. The van der Waals surface area contributed by atoms with E-state index in [9.17, 15) is 18.4 Å². The molecule has 0 saturated carbocycles. The molecule has 11 heteroatoms. The SMILES string of the molecule is C[C@@H]1CN(c2cc(F)c(-c3cc(C(=O)NC(C)(C)CC(C)(C)C)c(F)cc3F)cc2-n2ccc(C(F)F)cc2=O)C[C@H](C)N1C. The Balaban J connectivity index is 1.88. The fraction of sp³-hybridized carbons (Fsp3) is 0.471. The monoisotopic (exact) mass is 632 g/mol. The first kappa shape index (κ1) is 34.1. The van der Waals surface area contributed by atoms with Crippen LogP contribution in [0.5, 0.6) is 0 Å². The Bertz CT molecular complexity index is 1630. The van der Waals surface area contributed by atoms with Crippen LogP contribution in [0.15, 0.2) is 47.4 Å². The molecule has 0 unspecified atom stereocenters. The first-order valence-corrected chi connectivity index (χ1v) is 14.9. The maximum Gasteiger partial charge on any atom is 0.264 e. The summed E-state index contributed by atoms with van der Waals surface area (Å²) >= 11 is 0. The zero-order valence-electron chi connectivity index (χ0n) is 26.9. The van der Waals surface area contributed by atoms with Crippen LogP contribution in [0.2, 0.25) is 0 Å². The number of carbonyl (C=O) groups excluding carboxylic acids is 1. The van der Waals surface area contributed by atoms with Crippen molar-refractivity contribution >= 4 is 11.6 Å². The van der Waals surface area contributed by atoms with Gasteiger partial charge < -0.3 is 10.2 Å². The van der Waals surface area contributed by atoms with Crippen molar-refractivity contribution in [3.05, 3.63) is 81.5 Å². The standard InChI is InChI=1S/C34H41F5N4O2/c1-19-16-42(17-20(2)41(19)8)28-15-27(37)23(13-29(28)43-10-9-21(31(38)39)11-30(43)44)22-12-24(26(36)14-25(22)35)32(45)40-34(6,7)18-33(3,4)5/h9-15,19-20,31H,16-18H2,1-8H3,(H,40,45)/t19-,20+. The smallest absolute Gasteiger partial charge is 0.264 e. The predicted molar refractivity (Wildman–Crippen MR) is 167 cm³/mol. The Morgan fingerprint density at radius 2 is 1.47 bits per heavy atom. The van der Waals surface area contributed by atoms with Crippen LogP contribution in [-0.4, -0.2) is 53.1 Å². The number of halogens is 5. The van der Waals surface area contributed by atoms with E-state index in [-0.39, 0.29) is 28.7 Å². The van der Waals surface area contributed by atoms with Gasteiger partial charge in [-0.1, -0.05) is 20.8 Å². The van der Waals surface area contributed by atoms with E-state index in [0.29, 0.717) is 31.3 Å². The zero-order valence-corrected chi connectivity index (χ0v) is 26.9. The van der Waals surface area contributed by atoms with Crippen molar-refractivity contribution in [2.24, 2.45) is 5.41 Å². The summed E-state index contributed by atoms with van der Waals surface area (Å²) in [6.07, 6.45) is -1.14. The molecule has 45 heavy (non-hydrogen) atoms. The molecule has 0 aliphatic carbocycles. The summed E-state index contributed by atoms with van der Waals surface area (Å²) in [7, 11) is 1.97. The summed E-state index contributed by atoms with van der Waals surface area (Å²) in [6, 6.07) is 5.89. The van der Waals surface area contributed by atoms with Gasteiger partial charge in [0.1, 0.15) is 17.5 Å². The summed E-state index contributed by atoms with van der Waals surface area (Å²) in [4.78, 5) is 30.4. The topological polar surface area (TPSA) is 57.6 Å². The maximum absolute atomic E-state index is 16.0. The number of piperazine rings is 1. The van der Waals surface area contributed by atoms with Crippen LogP contribution >= 0.6 is 0 Å². The van der Waals surface area contributed by atoms with E-state index in [1.54, 1.807) is 13.8 Å². The van der Waals surface area contributed by atoms with Crippen molar-refractivity contribution in [2.75, 3.05) is 25.0 Å². The Labute approximate surface area is 260 Å². The molecule has 6 nitrogen and oxygen atoms in total. The molecule has 1 aliphatic rings. The number of hydrogen-bond acceptors (Lipinski definition) is 4. The van der Waals surface area contributed by atoms with Crippen molar-refractivity contribution in [3.8, 4) is 16.8 Å². The van der Waals surface area contributed by atoms with Gasteiger partial charge in [0.05, 0.1) is 16.9 Å². The van der Waals surface area contributed by atoms with Gasteiger partial charge in [-0.3, -0.25) is 19.1 Å². The van der Waals surface area contributed by atoms with Gasteiger partial charge in [0.2, 0.25) is 0 Å². The molecular weight excluding hydrogens is 591 g/mol. The van der Waals surface area contributed by atoms with Crippen LogP contribution in [0.1, 0.15) is 77.2 Å². The second kappa shape index (κ2) is 12.6. The third-order valence-corrected chi connectivity index (χ3v) is 8.24. The molecule has 3 aromatic rings. The summed E-state index contributed by atoms with van der Waals surface area (Å²) in [5.74, 6) is -3.88. The fourth-order valence-electron chi connectivity index (χ4n) is 6.31. The number of amides is 1. The molecule has 1 saturated heterocycles. The van der Waals surface area contributed by atoms with Crippen LogP contribution in [0.4, 0.5) is 27.6 Å². The number of anilines is 1. The van der Waals surface area contributed by atoms with Crippen LogP contribution in [-0.2, 0) is 0 Å². The number of nitrogens with zero attached hydrogens (tertiary/aromatic N) is 3. The molecule has 2 atom stereocenters. The highest BCUT2D eigenvalue weighted by Gasteiger charge is 2.31. The lowest BCUT2D eigenvalue weighted by Crippen LogP contribution is -2.55. The minimum absolute atomic E-state index is 0.0559. The Kier molecular flexibility index (Phi) is 9.54. The largest absolute Gasteiger partial charge is 0.367 e. The Hall–Kier alpha value is -3.73. The predicted octanol–water partition coefficient (Wildman–Crippen LogP) is 7.33. The molecule has 0 radical (unpaired) electrons. The fourth-order valence-corrected chi connectivity index (χ4v) is 6.31. The number of aromatic nitrogens is 1. The van der Waals surface area contributed by atoms with E-state index < -0.39 is 57.6 Å². The van der Waals surface area contributed by atoms with Gasteiger partial charge in [-0.25, -0.2) is 22.0 Å². The maximum atomic E-state index is 16.0. The van der Waals surface area contributed by atoms with Gasteiger partial charge in [0, 0.05) is 65.7 Å².